The lowest BCUT2D eigenvalue weighted by molar-refractivity contribution is -0.120. The molecule has 2 aromatic carbocycles. The number of nitrogens with two attached hydrogens (primary N) is 1. The molecule has 26 heavy (non-hydrogen) atoms. The standard InChI is InChI=1S/C16H13F3N2O4S/c17-16(18,19)26(24,25)12-8-6-11(7-9-12)15(23)21-13(14(20)22)10-4-2-1-3-5-10/h1-9,13H,(H2,20,22)(H,21,23)/t13-/m1/s1. The van der Waals surface area contributed by atoms with E-state index in [1.807, 2.05) is 0 Å². The molecule has 3 N–H and O–H groups in total. The van der Waals surface area contributed by atoms with E-state index in [2.05, 4.69) is 5.32 Å². The highest BCUT2D eigenvalue weighted by atomic mass is 32.2. The number of halogens is 3. The molecule has 0 aliphatic carbocycles. The highest BCUT2D eigenvalue weighted by Gasteiger charge is 2.46. The van der Waals surface area contributed by atoms with Crippen molar-refractivity contribution in [3.05, 3.63) is 65.7 Å². The monoisotopic (exact) mass is 386 g/mol. The van der Waals surface area contributed by atoms with Crippen LogP contribution in [0.15, 0.2) is 59.5 Å². The average molecular weight is 386 g/mol. The van der Waals surface area contributed by atoms with Gasteiger partial charge >= 0.3 is 5.51 Å². The van der Waals surface area contributed by atoms with E-state index in [0.717, 1.165) is 12.1 Å². The largest absolute Gasteiger partial charge is 0.501 e. The molecule has 2 amide bonds. The van der Waals surface area contributed by atoms with Crippen LogP contribution in [0.3, 0.4) is 0 Å². The van der Waals surface area contributed by atoms with Crippen molar-refractivity contribution in [2.75, 3.05) is 0 Å². The molecular weight excluding hydrogens is 373 g/mol. The van der Waals surface area contributed by atoms with Gasteiger partial charge in [0.25, 0.3) is 15.7 Å². The molecule has 138 valence electrons. The highest BCUT2D eigenvalue weighted by molar-refractivity contribution is 7.92. The van der Waals surface area contributed by atoms with E-state index < -0.39 is 38.1 Å². The smallest absolute Gasteiger partial charge is 0.368 e. The van der Waals surface area contributed by atoms with E-state index in [9.17, 15) is 31.2 Å². The summed E-state index contributed by atoms with van der Waals surface area (Å²) in [6.07, 6.45) is 0. The maximum absolute atomic E-state index is 12.5. The summed E-state index contributed by atoms with van der Waals surface area (Å²) in [5.41, 5.74) is 0.113. The minimum atomic E-state index is -5.50. The van der Waals surface area contributed by atoms with Gasteiger partial charge in [-0.2, -0.15) is 13.2 Å². The van der Waals surface area contributed by atoms with Crippen LogP contribution in [0.2, 0.25) is 0 Å². The number of nitrogens with one attached hydrogen (secondary N) is 1. The Bertz CT molecular complexity index is 911. The lowest BCUT2D eigenvalue weighted by Gasteiger charge is -2.16. The van der Waals surface area contributed by atoms with Gasteiger partial charge < -0.3 is 11.1 Å². The van der Waals surface area contributed by atoms with Crippen molar-refractivity contribution in [1.82, 2.24) is 5.32 Å². The SMILES string of the molecule is NC(=O)[C@H](NC(=O)c1ccc(S(=O)(=O)C(F)(F)F)cc1)c1ccccc1. The van der Waals surface area contributed by atoms with Crippen LogP contribution >= 0.6 is 0 Å². The van der Waals surface area contributed by atoms with Crippen LogP contribution in [-0.2, 0) is 14.6 Å². The molecule has 0 spiro atoms. The zero-order valence-electron chi connectivity index (χ0n) is 13.0. The minimum Gasteiger partial charge on any atom is -0.368 e. The number of hydrogen-bond donors (Lipinski definition) is 2. The third kappa shape index (κ3) is 4.02. The quantitative estimate of drug-likeness (QED) is 0.819. The maximum Gasteiger partial charge on any atom is 0.501 e. The molecule has 10 heteroatoms. The zero-order chi connectivity index (χ0) is 19.5. The molecule has 0 aliphatic rings. The van der Waals surface area contributed by atoms with Gasteiger partial charge in [0.2, 0.25) is 5.91 Å². The van der Waals surface area contributed by atoms with Crippen LogP contribution in [0.25, 0.3) is 0 Å². The van der Waals surface area contributed by atoms with Crippen molar-refractivity contribution in [1.29, 1.82) is 0 Å². The van der Waals surface area contributed by atoms with Crippen LogP contribution in [0.4, 0.5) is 13.2 Å². The first-order valence-corrected chi connectivity index (χ1v) is 8.59. The predicted molar refractivity (Wildman–Crippen MR) is 85.5 cm³/mol. The Hall–Kier alpha value is -2.88. The molecule has 0 aromatic heterocycles. The van der Waals surface area contributed by atoms with Crippen molar-refractivity contribution >= 4 is 21.7 Å². The van der Waals surface area contributed by atoms with Gasteiger partial charge in [0, 0.05) is 5.56 Å². The number of carbonyl (C=O) groups excluding carboxylic acids is 2. The van der Waals surface area contributed by atoms with E-state index in [1.54, 1.807) is 30.3 Å². The average Bonchev–Trinajstić information content (AvgIpc) is 2.59. The summed E-state index contributed by atoms with van der Waals surface area (Å²) in [7, 11) is -5.50. The molecule has 0 unspecified atom stereocenters. The molecule has 2 aromatic rings. The van der Waals surface area contributed by atoms with Gasteiger partial charge in [-0.05, 0) is 29.8 Å². The molecule has 0 heterocycles. The Balaban J connectivity index is 2.24. The van der Waals surface area contributed by atoms with Crippen molar-refractivity contribution in [3.63, 3.8) is 0 Å². The molecule has 0 radical (unpaired) electrons. The first-order chi connectivity index (χ1) is 12.0. The maximum atomic E-state index is 12.5. The number of primary amides is 1. The molecule has 0 saturated heterocycles. The van der Waals surface area contributed by atoms with Crippen molar-refractivity contribution in [2.45, 2.75) is 16.4 Å². The van der Waals surface area contributed by atoms with Gasteiger partial charge in [0.15, 0.2) is 0 Å². The number of rotatable bonds is 5. The van der Waals surface area contributed by atoms with Crippen molar-refractivity contribution < 1.29 is 31.2 Å². The molecule has 0 bridgehead atoms. The molecule has 6 nitrogen and oxygen atoms in total. The van der Waals surface area contributed by atoms with Crippen LogP contribution in [0.5, 0.6) is 0 Å². The molecule has 0 aliphatic heterocycles. The first kappa shape index (κ1) is 19.4. The number of hydrogen-bond acceptors (Lipinski definition) is 4. The summed E-state index contributed by atoms with van der Waals surface area (Å²) in [6.45, 7) is 0. The number of amides is 2. The first-order valence-electron chi connectivity index (χ1n) is 7.10. The topological polar surface area (TPSA) is 106 Å². The summed E-state index contributed by atoms with van der Waals surface area (Å²) < 4.78 is 60.1. The summed E-state index contributed by atoms with van der Waals surface area (Å²) >= 11 is 0. The second-order valence-corrected chi connectivity index (χ2v) is 7.13. The Morgan fingerprint density at radius 1 is 0.962 bits per heavy atom. The molecule has 0 saturated carbocycles. The Morgan fingerprint density at radius 2 is 1.50 bits per heavy atom. The van der Waals surface area contributed by atoms with E-state index in [4.69, 9.17) is 5.73 Å². The molecular formula is C16H13F3N2O4S. The van der Waals surface area contributed by atoms with E-state index in [-0.39, 0.29) is 5.56 Å². The zero-order valence-corrected chi connectivity index (χ0v) is 13.8. The number of benzene rings is 2. The summed E-state index contributed by atoms with van der Waals surface area (Å²) in [5.74, 6) is -1.63. The number of alkyl halides is 3. The number of carbonyl (C=O) groups is 2. The predicted octanol–water partition coefficient (Wildman–Crippen LogP) is 1.94. The second kappa shape index (κ2) is 7.16. The second-order valence-electron chi connectivity index (χ2n) is 5.19. The van der Waals surface area contributed by atoms with Crippen LogP contribution in [0, 0.1) is 0 Å². The Labute approximate surface area is 146 Å². The Morgan fingerprint density at radius 3 is 1.96 bits per heavy atom. The van der Waals surface area contributed by atoms with Gasteiger partial charge in [0.1, 0.15) is 6.04 Å². The summed E-state index contributed by atoms with van der Waals surface area (Å²) in [4.78, 5) is 22.8. The van der Waals surface area contributed by atoms with E-state index in [0.29, 0.717) is 17.7 Å². The highest BCUT2D eigenvalue weighted by Crippen LogP contribution is 2.30. The third-order valence-corrected chi connectivity index (χ3v) is 4.93. The van der Waals surface area contributed by atoms with Crippen LogP contribution < -0.4 is 11.1 Å². The minimum absolute atomic E-state index is 0.131. The lowest BCUT2D eigenvalue weighted by atomic mass is 10.1. The fraction of sp³-hybridized carbons (Fsp3) is 0.125. The lowest BCUT2D eigenvalue weighted by Crippen LogP contribution is -2.37. The molecule has 0 fully saturated rings. The van der Waals surface area contributed by atoms with Gasteiger partial charge in [0.05, 0.1) is 4.90 Å². The van der Waals surface area contributed by atoms with Gasteiger partial charge in [-0.1, -0.05) is 30.3 Å². The third-order valence-electron chi connectivity index (χ3n) is 3.42. The Kier molecular flexibility index (Phi) is 5.36. The van der Waals surface area contributed by atoms with Crippen LogP contribution in [-0.4, -0.2) is 25.7 Å². The molecule has 2 rings (SSSR count). The number of sulfone groups is 1. The van der Waals surface area contributed by atoms with Crippen molar-refractivity contribution in [3.8, 4) is 0 Å². The summed E-state index contributed by atoms with van der Waals surface area (Å²) in [5, 5.41) is 2.35. The van der Waals surface area contributed by atoms with Gasteiger partial charge in [-0.25, -0.2) is 8.42 Å². The van der Waals surface area contributed by atoms with E-state index >= 15 is 0 Å². The normalized spacial score (nSPS) is 13.0. The fourth-order valence-electron chi connectivity index (χ4n) is 2.10. The van der Waals surface area contributed by atoms with Crippen molar-refractivity contribution in [2.24, 2.45) is 5.73 Å². The van der Waals surface area contributed by atoms with Gasteiger partial charge in [-0.3, -0.25) is 9.59 Å². The summed E-state index contributed by atoms with van der Waals surface area (Å²) in [6, 6.07) is 10.1. The fourth-order valence-corrected chi connectivity index (χ4v) is 2.86. The van der Waals surface area contributed by atoms with Gasteiger partial charge in [-0.15, -0.1) is 0 Å². The van der Waals surface area contributed by atoms with Crippen LogP contribution in [0.1, 0.15) is 22.0 Å². The van der Waals surface area contributed by atoms with E-state index in [1.165, 1.54) is 0 Å². The molecule has 1 atom stereocenters.